The van der Waals surface area contributed by atoms with Gasteiger partial charge in [0.2, 0.25) is 5.88 Å². The summed E-state index contributed by atoms with van der Waals surface area (Å²) < 4.78 is 5.52. The Hall–Kier alpha value is -1.92. The Morgan fingerprint density at radius 2 is 2.05 bits per heavy atom. The minimum Gasteiger partial charge on any atom is -0.437 e. The molecule has 0 aliphatic carbocycles. The van der Waals surface area contributed by atoms with Crippen molar-refractivity contribution in [3.8, 4) is 11.6 Å². The summed E-state index contributed by atoms with van der Waals surface area (Å²) in [6.07, 6.45) is 1.54. The zero-order chi connectivity index (χ0) is 15.4. The van der Waals surface area contributed by atoms with E-state index in [9.17, 15) is 10.1 Å². The third kappa shape index (κ3) is 4.03. The number of nitro groups is 1. The van der Waals surface area contributed by atoms with E-state index in [0.717, 1.165) is 6.42 Å². The second-order valence-electron chi connectivity index (χ2n) is 4.17. The molecule has 0 bridgehead atoms. The van der Waals surface area contributed by atoms with Gasteiger partial charge in [0.05, 0.1) is 9.95 Å². The van der Waals surface area contributed by atoms with Gasteiger partial charge in [-0.15, -0.1) is 0 Å². The van der Waals surface area contributed by atoms with Crippen LogP contribution in [-0.2, 0) is 6.42 Å². The van der Waals surface area contributed by atoms with Crippen LogP contribution in [-0.4, -0.2) is 14.9 Å². The summed E-state index contributed by atoms with van der Waals surface area (Å²) in [7, 11) is 0. The lowest BCUT2D eigenvalue weighted by molar-refractivity contribution is -0.384. The molecule has 6 nitrogen and oxygen atoms in total. The molecule has 2 rings (SSSR count). The first-order valence-electron chi connectivity index (χ1n) is 6.15. The van der Waals surface area contributed by atoms with Crippen molar-refractivity contribution in [1.82, 2.24) is 9.97 Å². The lowest BCUT2D eigenvalue weighted by atomic mass is 10.3. The van der Waals surface area contributed by atoms with Crippen molar-refractivity contribution in [2.45, 2.75) is 19.8 Å². The summed E-state index contributed by atoms with van der Waals surface area (Å²) in [6, 6.07) is 5.39. The van der Waals surface area contributed by atoms with Gasteiger partial charge in [-0.05, 0) is 12.5 Å². The molecule has 0 aliphatic rings. The van der Waals surface area contributed by atoms with Gasteiger partial charge in [0, 0.05) is 24.6 Å². The maximum absolute atomic E-state index is 10.7. The molecule has 0 radical (unpaired) electrons. The lowest BCUT2D eigenvalue weighted by Gasteiger charge is -2.08. The quantitative estimate of drug-likeness (QED) is 0.461. The van der Waals surface area contributed by atoms with E-state index in [1.54, 1.807) is 0 Å². The zero-order valence-electron chi connectivity index (χ0n) is 11.0. The highest BCUT2D eigenvalue weighted by Crippen LogP contribution is 2.32. The standard InChI is InChI=1S/C13H11Cl2N3O3/c1-2-3-12-16-11(15)7-13(17-12)21-10-5-4-8(18(19)20)6-9(10)14/h4-7H,2-3H2,1H3. The maximum Gasteiger partial charge on any atom is 0.271 e. The zero-order valence-corrected chi connectivity index (χ0v) is 12.6. The molecule has 0 fully saturated rings. The summed E-state index contributed by atoms with van der Waals surface area (Å²) in [6.45, 7) is 2.00. The van der Waals surface area contributed by atoms with Gasteiger partial charge in [-0.2, -0.15) is 4.98 Å². The van der Waals surface area contributed by atoms with Crippen LogP contribution in [0.3, 0.4) is 0 Å². The first-order chi connectivity index (χ1) is 9.99. The maximum atomic E-state index is 10.7. The third-order valence-corrected chi connectivity index (χ3v) is 3.02. The van der Waals surface area contributed by atoms with Crippen molar-refractivity contribution in [3.05, 3.63) is 50.4 Å². The minimum atomic E-state index is -0.531. The molecule has 0 saturated heterocycles. The van der Waals surface area contributed by atoms with Gasteiger partial charge in [0.25, 0.3) is 5.69 Å². The van der Waals surface area contributed by atoms with Crippen LogP contribution in [0.4, 0.5) is 5.69 Å². The Bertz CT molecular complexity index is 680. The van der Waals surface area contributed by atoms with Crippen molar-refractivity contribution in [2.75, 3.05) is 0 Å². The molecule has 0 saturated carbocycles. The largest absolute Gasteiger partial charge is 0.437 e. The fourth-order valence-electron chi connectivity index (χ4n) is 1.63. The fraction of sp³-hybridized carbons (Fsp3) is 0.231. The Morgan fingerprint density at radius 1 is 1.29 bits per heavy atom. The highest BCUT2D eigenvalue weighted by atomic mass is 35.5. The minimum absolute atomic E-state index is 0.111. The van der Waals surface area contributed by atoms with Crippen molar-refractivity contribution in [2.24, 2.45) is 0 Å². The van der Waals surface area contributed by atoms with Crippen molar-refractivity contribution < 1.29 is 9.66 Å². The molecule has 1 heterocycles. The second-order valence-corrected chi connectivity index (χ2v) is 4.96. The van der Waals surface area contributed by atoms with E-state index in [-0.39, 0.29) is 27.5 Å². The first kappa shape index (κ1) is 15.5. The Labute approximate surface area is 130 Å². The van der Waals surface area contributed by atoms with Gasteiger partial charge in [-0.3, -0.25) is 10.1 Å². The number of hydrogen-bond acceptors (Lipinski definition) is 5. The molecule has 2 aromatic rings. The lowest BCUT2D eigenvalue weighted by Crippen LogP contribution is -1.98. The van der Waals surface area contributed by atoms with Gasteiger partial charge in [-0.1, -0.05) is 30.1 Å². The molecule has 0 atom stereocenters. The topological polar surface area (TPSA) is 78.2 Å². The van der Waals surface area contributed by atoms with Gasteiger partial charge in [-0.25, -0.2) is 4.98 Å². The number of nitrogens with zero attached hydrogens (tertiary/aromatic N) is 3. The molecular weight excluding hydrogens is 317 g/mol. The van der Waals surface area contributed by atoms with Crippen LogP contribution in [0.2, 0.25) is 10.2 Å². The molecule has 0 spiro atoms. The summed E-state index contributed by atoms with van der Waals surface area (Å²) in [4.78, 5) is 18.4. The molecular formula is C13H11Cl2N3O3. The van der Waals surface area contributed by atoms with Crippen LogP contribution < -0.4 is 4.74 Å². The summed E-state index contributed by atoms with van der Waals surface area (Å²) in [5.41, 5.74) is -0.111. The van der Waals surface area contributed by atoms with E-state index in [1.807, 2.05) is 6.92 Å². The van der Waals surface area contributed by atoms with Gasteiger partial charge in [0.15, 0.2) is 0 Å². The van der Waals surface area contributed by atoms with Crippen LogP contribution in [0.5, 0.6) is 11.6 Å². The summed E-state index contributed by atoms with van der Waals surface area (Å²) >= 11 is 11.9. The number of nitro benzene ring substituents is 1. The number of non-ortho nitro benzene ring substituents is 1. The van der Waals surface area contributed by atoms with Crippen LogP contribution in [0, 0.1) is 10.1 Å². The van der Waals surface area contributed by atoms with Crippen molar-refractivity contribution >= 4 is 28.9 Å². The Kier molecular flexibility index (Phi) is 4.93. The van der Waals surface area contributed by atoms with Crippen LogP contribution in [0.1, 0.15) is 19.2 Å². The van der Waals surface area contributed by atoms with Gasteiger partial charge < -0.3 is 4.74 Å². The van der Waals surface area contributed by atoms with E-state index < -0.39 is 4.92 Å². The SMILES string of the molecule is CCCc1nc(Cl)cc(Oc2ccc([N+](=O)[O-])cc2Cl)n1. The van der Waals surface area contributed by atoms with E-state index in [1.165, 1.54) is 24.3 Å². The highest BCUT2D eigenvalue weighted by molar-refractivity contribution is 6.32. The number of rotatable bonds is 5. The number of benzene rings is 1. The molecule has 1 aromatic carbocycles. The molecule has 8 heteroatoms. The molecule has 0 N–H and O–H groups in total. The molecule has 110 valence electrons. The molecule has 21 heavy (non-hydrogen) atoms. The van der Waals surface area contributed by atoms with Crippen molar-refractivity contribution in [1.29, 1.82) is 0 Å². The number of aromatic nitrogens is 2. The number of ether oxygens (including phenoxy) is 1. The fourth-order valence-corrected chi connectivity index (χ4v) is 2.03. The van der Waals surface area contributed by atoms with Gasteiger partial charge in [0.1, 0.15) is 16.7 Å². The first-order valence-corrected chi connectivity index (χ1v) is 6.90. The Morgan fingerprint density at radius 3 is 2.67 bits per heavy atom. The predicted molar refractivity (Wildman–Crippen MR) is 79.2 cm³/mol. The summed E-state index contributed by atoms with van der Waals surface area (Å²) in [5, 5.41) is 11.0. The Balaban J connectivity index is 2.27. The van der Waals surface area contributed by atoms with Crippen LogP contribution in [0.25, 0.3) is 0 Å². The number of halogens is 2. The number of hydrogen-bond donors (Lipinski definition) is 0. The monoisotopic (exact) mass is 327 g/mol. The normalized spacial score (nSPS) is 10.4. The van der Waals surface area contributed by atoms with Crippen LogP contribution >= 0.6 is 23.2 Å². The summed E-state index contributed by atoms with van der Waals surface area (Å²) in [5.74, 6) is 1.08. The number of aryl methyl sites for hydroxylation is 1. The third-order valence-electron chi connectivity index (χ3n) is 2.53. The van der Waals surface area contributed by atoms with E-state index in [4.69, 9.17) is 27.9 Å². The van der Waals surface area contributed by atoms with E-state index >= 15 is 0 Å². The molecule has 1 aromatic heterocycles. The van der Waals surface area contributed by atoms with Crippen LogP contribution in [0.15, 0.2) is 24.3 Å². The average Bonchev–Trinajstić information content (AvgIpc) is 2.40. The molecule has 0 amide bonds. The van der Waals surface area contributed by atoms with Crippen molar-refractivity contribution in [3.63, 3.8) is 0 Å². The smallest absolute Gasteiger partial charge is 0.271 e. The average molecular weight is 328 g/mol. The molecule has 0 aliphatic heterocycles. The highest BCUT2D eigenvalue weighted by Gasteiger charge is 2.12. The predicted octanol–water partition coefficient (Wildman–Crippen LogP) is 4.44. The van der Waals surface area contributed by atoms with E-state index in [0.29, 0.717) is 12.2 Å². The van der Waals surface area contributed by atoms with Gasteiger partial charge >= 0.3 is 0 Å². The van der Waals surface area contributed by atoms with E-state index in [2.05, 4.69) is 9.97 Å². The molecule has 0 unspecified atom stereocenters. The second kappa shape index (κ2) is 6.69.